The maximum absolute atomic E-state index is 11.0. The third kappa shape index (κ3) is 5.25. The molecule has 1 aromatic rings. The molecule has 0 bridgehead atoms. The zero-order chi connectivity index (χ0) is 13.6. The van der Waals surface area contributed by atoms with E-state index in [1.807, 2.05) is 19.1 Å². The molecule has 0 saturated carbocycles. The monoisotopic (exact) mass is 291 g/mol. The van der Waals surface area contributed by atoms with Crippen LogP contribution in [0.4, 0.5) is 0 Å². The number of nitrogens with one attached hydrogen (secondary N) is 1. The van der Waals surface area contributed by atoms with E-state index in [2.05, 4.69) is 5.32 Å². The highest BCUT2D eigenvalue weighted by atomic mass is 35.5. The third-order valence-corrected chi connectivity index (χ3v) is 3.52. The van der Waals surface area contributed by atoms with E-state index in [1.165, 1.54) is 6.26 Å². The molecule has 1 N–H and O–H groups in total. The Hall–Kier alpha value is -0.780. The van der Waals surface area contributed by atoms with Crippen molar-refractivity contribution in [3.8, 4) is 5.75 Å². The highest BCUT2D eigenvalue weighted by Crippen LogP contribution is 2.28. The molecule has 0 heterocycles. The lowest BCUT2D eigenvalue weighted by atomic mass is 10.2. The van der Waals surface area contributed by atoms with E-state index in [0.29, 0.717) is 17.3 Å². The molecule has 0 aliphatic rings. The standard InChI is InChI=1S/C12H18ClNO3S/c1-3-14-9-10-5-4-6-11(13)12(10)17-7-8-18(2,15)16/h4-6,14H,3,7-9H2,1-2H3. The van der Waals surface area contributed by atoms with Crippen LogP contribution in [-0.2, 0) is 16.4 Å². The van der Waals surface area contributed by atoms with Crippen LogP contribution in [0, 0.1) is 0 Å². The number of ether oxygens (including phenoxy) is 1. The first kappa shape index (κ1) is 15.3. The summed E-state index contributed by atoms with van der Waals surface area (Å²) in [6.07, 6.45) is 1.18. The lowest BCUT2D eigenvalue weighted by molar-refractivity contribution is 0.336. The minimum absolute atomic E-state index is 0.0150. The summed E-state index contributed by atoms with van der Waals surface area (Å²) >= 11 is 6.06. The Morgan fingerprint density at radius 3 is 2.72 bits per heavy atom. The second-order valence-corrected chi connectivity index (χ2v) is 6.65. The molecule has 0 unspecified atom stereocenters. The van der Waals surface area contributed by atoms with Crippen LogP contribution in [0.25, 0.3) is 0 Å². The smallest absolute Gasteiger partial charge is 0.150 e. The number of sulfone groups is 1. The van der Waals surface area contributed by atoms with Gasteiger partial charge in [0, 0.05) is 18.4 Å². The van der Waals surface area contributed by atoms with Crippen molar-refractivity contribution < 1.29 is 13.2 Å². The van der Waals surface area contributed by atoms with Gasteiger partial charge in [0.2, 0.25) is 0 Å². The second kappa shape index (κ2) is 6.97. The summed E-state index contributed by atoms with van der Waals surface area (Å²) in [7, 11) is -3.02. The first-order chi connectivity index (χ1) is 8.44. The number of rotatable bonds is 7. The molecule has 0 fully saturated rings. The number of halogens is 1. The van der Waals surface area contributed by atoms with Gasteiger partial charge in [0.15, 0.2) is 9.84 Å². The van der Waals surface area contributed by atoms with Gasteiger partial charge in [-0.2, -0.15) is 0 Å². The zero-order valence-electron chi connectivity index (χ0n) is 10.6. The van der Waals surface area contributed by atoms with Crippen molar-refractivity contribution in [3.63, 3.8) is 0 Å². The molecule has 0 saturated heterocycles. The largest absolute Gasteiger partial charge is 0.491 e. The molecule has 0 radical (unpaired) electrons. The molecular weight excluding hydrogens is 274 g/mol. The fourth-order valence-corrected chi connectivity index (χ4v) is 2.04. The average Bonchev–Trinajstić information content (AvgIpc) is 2.27. The van der Waals surface area contributed by atoms with E-state index < -0.39 is 9.84 Å². The quantitative estimate of drug-likeness (QED) is 0.833. The van der Waals surface area contributed by atoms with Crippen LogP contribution >= 0.6 is 11.6 Å². The molecule has 0 aromatic heterocycles. The van der Waals surface area contributed by atoms with Crippen molar-refractivity contribution in [3.05, 3.63) is 28.8 Å². The van der Waals surface area contributed by atoms with Gasteiger partial charge in [-0.3, -0.25) is 0 Å². The number of benzene rings is 1. The molecule has 18 heavy (non-hydrogen) atoms. The Labute approximate surface area is 113 Å². The third-order valence-electron chi connectivity index (χ3n) is 2.31. The van der Waals surface area contributed by atoms with Crippen molar-refractivity contribution in [1.82, 2.24) is 5.32 Å². The summed E-state index contributed by atoms with van der Waals surface area (Å²) in [5, 5.41) is 3.68. The molecule has 0 aliphatic heterocycles. The van der Waals surface area contributed by atoms with Crippen molar-refractivity contribution in [2.75, 3.05) is 25.2 Å². The van der Waals surface area contributed by atoms with Gasteiger partial charge < -0.3 is 10.1 Å². The highest BCUT2D eigenvalue weighted by molar-refractivity contribution is 7.90. The van der Waals surface area contributed by atoms with Crippen molar-refractivity contribution in [2.24, 2.45) is 0 Å². The SMILES string of the molecule is CCNCc1cccc(Cl)c1OCCS(C)(=O)=O. The summed E-state index contributed by atoms with van der Waals surface area (Å²) in [5.74, 6) is 0.544. The summed E-state index contributed by atoms with van der Waals surface area (Å²) in [6.45, 7) is 3.61. The molecule has 0 aliphatic carbocycles. The number of para-hydroxylation sites is 1. The van der Waals surface area contributed by atoms with Gasteiger partial charge in [-0.25, -0.2) is 8.42 Å². The molecule has 0 spiro atoms. The maximum atomic E-state index is 11.0. The van der Waals surface area contributed by atoms with Crippen LogP contribution in [0.1, 0.15) is 12.5 Å². The maximum Gasteiger partial charge on any atom is 0.150 e. The van der Waals surface area contributed by atoms with Crippen LogP contribution in [0.3, 0.4) is 0 Å². The predicted molar refractivity (Wildman–Crippen MR) is 74.0 cm³/mol. The Bertz CT molecular complexity index is 488. The summed E-state index contributed by atoms with van der Waals surface area (Å²) < 4.78 is 27.6. The van der Waals surface area contributed by atoms with Crippen LogP contribution in [-0.4, -0.2) is 33.6 Å². The second-order valence-electron chi connectivity index (χ2n) is 3.99. The molecule has 1 rings (SSSR count). The first-order valence-corrected chi connectivity index (χ1v) is 8.16. The lowest BCUT2D eigenvalue weighted by Crippen LogP contribution is -2.15. The predicted octanol–water partition coefficient (Wildman–Crippen LogP) is 1.87. The Kier molecular flexibility index (Phi) is 5.91. The van der Waals surface area contributed by atoms with Gasteiger partial charge in [0.25, 0.3) is 0 Å². The summed E-state index contributed by atoms with van der Waals surface area (Å²) in [6, 6.07) is 5.48. The number of hydrogen-bond donors (Lipinski definition) is 1. The minimum Gasteiger partial charge on any atom is -0.491 e. The summed E-state index contributed by atoms with van der Waals surface area (Å²) in [5.41, 5.74) is 0.929. The molecule has 102 valence electrons. The first-order valence-electron chi connectivity index (χ1n) is 5.72. The average molecular weight is 292 g/mol. The van der Waals surface area contributed by atoms with E-state index >= 15 is 0 Å². The van der Waals surface area contributed by atoms with E-state index in [0.717, 1.165) is 12.1 Å². The topological polar surface area (TPSA) is 55.4 Å². The van der Waals surface area contributed by atoms with Gasteiger partial charge >= 0.3 is 0 Å². The van der Waals surface area contributed by atoms with E-state index in [9.17, 15) is 8.42 Å². The molecule has 0 amide bonds. The van der Waals surface area contributed by atoms with E-state index in [4.69, 9.17) is 16.3 Å². The van der Waals surface area contributed by atoms with Crippen LogP contribution in [0.2, 0.25) is 5.02 Å². The molecule has 6 heteroatoms. The molecular formula is C12H18ClNO3S. The van der Waals surface area contributed by atoms with Gasteiger partial charge in [-0.05, 0) is 12.6 Å². The van der Waals surface area contributed by atoms with Crippen LogP contribution in [0.5, 0.6) is 5.75 Å². The van der Waals surface area contributed by atoms with E-state index in [1.54, 1.807) is 6.07 Å². The van der Waals surface area contributed by atoms with E-state index in [-0.39, 0.29) is 12.4 Å². The normalized spacial score (nSPS) is 11.5. The minimum atomic E-state index is -3.02. The Balaban J connectivity index is 2.73. The lowest BCUT2D eigenvalue weighted by Gasteiger charge is -2.13. The van der Waals surface area contributed by atoms with Crippen molar-refractivity contribution in [2.45, 2.75) is 13.5 Å². The fraction of sp³-hybridized carbons (Fsp3) is 0.500. The fourth-order valence-electron chi connectivity index (χ4n) is 1.41. The molecule has 1 aromatic carbocycles. The molecule has 4 nitrogen and oxygen atoms in total. The van der Waals surface area contributed by atoms with Gasteiger partial charge in [-0.15, -0.1) is 0 Å². The molecule has 0 atom stereocenters. The van der Waals surface area contributed by atoms with Gasteiger partial charge in [0.05, 0.1) is 10.8 Å². The van der Waals surface area contributed by atoms with Crippen molar-refractivity contribution >= 4 is 21.4 Å². The zero-order valence-corrected chi connectivity index (χ0v) is 12.1. The Morgan fingerprint density at radius 1 is 1.39 bits per heavy atom. The number of hydrogen-bond acceptors (Lipinski definition) is 4. The van der Waals surface area contributed by atoms with Gasteiger partial charge in [0.1, 0.15) is 12.4 Å². The van der Waals surface area contributed by atoms with Crippen LogP contribution < -0.4 is 10.1 Å². The summed E-state index contributed by atoms with van der Waals surface area (Å²) in [4.78, 5) is 0. The van der Waals surface area contributed by atoms with Crippen molar-refractivity contribution in [1.29, 1.82) is 0 Å². The van der Waals surface area contributed by atoms with Crippen LogP contribution in [0.15, 0.2) is 18.2 Å². The van der Waals surface area contributed by atoms with Gasteiger partial charge in [-0.1, -0.05) is 30.7 Å². The Morgan fingerprint density at radius 2 is 2.11 bits per heavy atom. The highest BCUT2D eigenvalue weighted by Gasteiger charge is 2.09.